The number of phenols is 2. The number of nitrogens with zero attached hydrogens (tertiary/aromatic N) is 2. The molecule has 0 radical (unpaired) electrons. The van der Waals surface area contributed by atoms with E-state index in [0.717, 1.165) is 11.3 Å². The number of hydrogen-bond acceptors (Lipinski definition) is 7. The Morgan fingerprint density at radius 2 is 1.53 bits per heavy atom. The molecule has 0 saturated carbocycles. The van der Waals surface area contributed by atoms with Crippen molar-refractivity contribution in [1.82, 2.24) is 15.5 Å². The molecule has 2 aliphatic rings. The van der Waals surface area contributed by atoms with Crippen LogP contribution < -0.4 is 15.5 Å². The summed E-state index contributed by atoms with van der Waals surface area (Å²) in [6, 6.07) is 12.5. The number of piperazine rings is 1. The van der Waals surface area contributed by atoms with Gasteiger partial charge in [0.15, 0.2) is 12.2 Å². The van der Waals surface area contributed by atoms with Crippen LogP contribution in [-0.2, 0) is 25.5 Å². The highest BCUT2D eigenvalue weighted by Gasteiger charge is 2.52. The van der Waals surface area contributed by atoms with Crippen molar-refractivity contribution in [2.75, 3.05) is 38.1 Å². The van der Waals surface area contributed by atoms with E-state index in [1.54, 1.807) is 29.2 Å². The fourth-order valence-corrected chi connectivity index (χ4v) is 4.03. The van der Waals surface area contributed by atoms with Gasteiger partial charge in [-0.1, -0.05) is 12.1 Å². The van der Waals surface area contributed by atoms with Crippen molar-refractivity contribution in [2.45, 2.75) is 24.7 Å². The summed E-state index contributed by atoms with van der Waals surface area (Å²) in [7, 11) is 1.48. The van der Waals surface area contributed by atoms with Gasteiger partial charge in [0.05, 0.1) is 0 Å². The predicted molar refractivity (Wildman–Crippen MR) is 123 cm³/mol. The Hall–Kier alpha value is -3.79. The minimum Gasteiger partial charge on any atom is -0.508 e. The molecule has 0 aliphatic carbocycles. The standard InChI is InChI=1S/C24H28N4O6/c1-25-22(31)19(14-15-2-6-17(29)7-3-15)26-23(32)20-21(34-20)24(33)28-12-10-27(11-13-28)16-4-8-18(30)9-5-16/h2-9,19-21,29-30H,10-14H2,1H3,(H,25,31)(H,26,32)/t19?,20-,21+/m1/s1. The number of anilines is 1. The number of rotatable bonds is 7. The molecular weight excluding hydrogens is 440 g/mol. The number of amides is 3. The number of ether oxygens (including phenoxy) is 1. The second-order valence-electron chi connectivity index (χ2n) is 8.35. The highest BCUT2D eigenvalue weighted by Crippen LogP contribution is 2.26. The molecule has 0 aromatic heterocycles. The maximum Gasteiger partial charge on any atom is 0.255 e. The smallest absolute Gasteiger partial charge is 0.255 e. The van der Waals surface area contributed by atoms with Crippen LogP contribution in [-0.4, -0.2) is 84.3 Å². The molecule has 4 N–H and O–H groups in total. The first-order valence-electron chi connectivity index (χ1n) is 11.1. The van der Waals surface area contributed by atoms with Gasteiger partial charge < -0.3 is 35.4 Å². The van der Waals surface area contributed by atoms with E-state index in [1.165, 1.54) is 19.2 Å². The number of phenolic OH excluding ortho intramolecular Hbond substituents is 2. The summed E-state index contributed by atoms with van der Waals surface area (Å²) in [5.41, 5.74) is 1.74. The van der Waals surface area contributed by atoms with Gasteiger partial charge in [0.1, 0.15) is 17.5 Å². The van der Waals surface area contributed by atoms with Crippen LogP contribution in [0.1, 0.15) is 5.56 Å². The zero-order valence-corrected chi connectivity index (χ0v) is 18.8. The van der Waals surface area contributed by atoms with Crippen molar-refractivity contribution in [3.8, 4) is 11.5 Å². The maximum absolute atomic E-state index is 12.8. The summed E-state index contributed by atoms with van der Waals surface area (Å²) in [5, 5.41) is 24.1. The minimum atomic E-state index is -0.922. The summed E-state index contributed by atoms with van der Waals surface area (Å²) in [4.78, 5) is 41.6. The van der Waals surface area contributed by atoms with Gasteiger partial charge >= 0.3 is 0 Å². The molecule has 2 heterocycles. The number of nitrogens with one attached hydrogen (secondary N) is 2. The molecule has 10 nitrogen and oxygen atoms in total. The normalized spacial score (nSPS) is 20.4. The van der Waals surface area contributed by atoms with Gasteiger partial charge in [-0.25, -0.2) is 0 Å². The van der Waals surface area contributed by atoms with E-state index in [0.29, 0.717) is 26.2 Å². The molecule has 10 heteroatoms. The number of hydrogen-bond donors (Lipinski definition) is 4. The van der Waals surface area contributed by atoms with E-state index in [4.69, 9.17) is 4.74 Å². The third kappa shape index (κ3) is 5.40. The number of aromatic hydroxyl groups is 2. The molecule has 34 heavy (non-hydrogen) atoms. The van der Waals surface area contributed by atoms with Gasteiger partial charge in [0.2, 0.25) is 5.91 Å². The third-order valence-electron chi connectivity index (χ3n) is 6.06. The average Bonchev–Trinajstić information content (AvgIpc) is 3.66. The van der Waals surface area contributed by atoms with Crippen LogP contribution in [0.25, 0.3) is 0 Å². The van der Waals surface area contributed by atoms with Crippen LogP contribution in [0.3, 0.4) is 0 Å². The molecule has 0 spiro atoms. The summed E-state index contributed by atoms with van der Waals surface area (Å²) >= 11 is 0. The monoisotopic (exact) mass is 468 g/mol. The van der Waals surface area contributed by atoms with Crippen LogP contribution in [0.2, 0.25) is 0 Å². The largest absolute Gasteiger partial charge is 0.508 e. The van der Waals surface area contributed by atoms with E-state index < -0.39 is 24.2 Å². The lowest BCUT2D eigenvalue weighted by Gasteiger charge is -2.36. The second kappa shape index (κ2) is 10.0. The summed E-state index contributed by atoms with van der Waals surface area (Å²) < 4.78 is 5.39. The van der Waals surface area contributed by atoms with Crippen molar-refractivity contribution in [1.29, 1.82) is 0 Å². The minimum absolute atomic E-state index is 0.112. The van der Waals surface area contributed by atoms with Gasteiger partial charge in [0, 0.05) is 45.3 Å². The highest BCUT2D eigenvalue weighted by atomic mass is 16.6. The molecular formula is C24H28N4O6. The second-order valence-corrected chi connectivity index (χ2v) is 8.35. The van der Waals surface area contributed by atoms with Gasteiger partial charge in [-0.15, -0.1) is 0 Å². The SMILES string of the molecule is CNC(=O)C(Cc1ccc(O)cc1)NC(=O)[C@@H]1O[C@@H]1C(=O)N1CCN(c2ccc(O)cc2)CC1. The van der Waals surface area contributed by atoms with E-state index in [2.05, 4.69) is 15.5 Å². The fourth-order valence-electron chi connectivity index (χ4n) is 4.03. The lowest BCUT2D eigenvalue weighted by Crippen LogP contribution is -2.51. The quantitative estimate of drug-likeness (QED) is 0.420. The van der Waals surface area contributed by atoms with Crippen LogP contribution >= 0.6 is 0 Å². The lowest BCUT2D eigenvalue weighted by atomic mass is 10.0. The Morgan fingerprint density at radius 1 is 0.941 bits per heavy atom. The van der Waals surface area contributed by atoms with Crippen molar-refractivity contribution in [2.24, 2.45) is 0 Å². The van der Waals surface area contributed by atoms with Crippen molar-refractivity contribution >= 4 is 23.4 Å². The Labute approximate surface area is 197 Å². The Morgan fingerprint density at radius 3 is 2.12 bits per heavy atom. The molecule has 2 aromatic carbocycles. The zero-order valence-electron chi connectivity index (χ0n) is 18.8. The molecule has 3 amide bonds. The molecule has 2 saturated heterocycles. The number of carbonyl (C=O) groups is 3. The summed E-state index contributed by atoms with van der Waals surface area (Å²) in [6.45, 7) is 2.25. The van der Waals surface area contributed by atoms with Crippen molar-refractivity contribution in [3.05, 3.63) is 54.1 Å². The van der Waals surface area contributed by atoms with Gasteiger partial charge in [0.25, 0.3) is 11.8 Å². The topological polar surface area (TPSA) is 135 Å². The van der Waals surface area contributed by atoms with Gasteiger partial charge in [-0.3, -0.25) is 14.4 Å². The predicted octanol–water partition coefficient (Wildman–Crippen LogP) is -0.0127. The summed E-state index contributed by atoms with van der Waals surface area (Å²) in [6.07, 6.45) is -1.54. The van der Waals surface area contributed by atoms with Crippen LogP contribution in [0.15, 0.2) is 48.5 Å². The molecule has 2 fully saturated rings. The summed E-state index contributed by atoms with van der Waals surface area (Å²) in [5.74, 6) is -0.792. The van der Waals surface area contributed by atoms with E-state index >= 15 is 0 Å². The number of likely N-dealkylation sites (N-methyl/N-ethyl adjacent to an activating group) is 1. The van der Waals surface area contributed by atoms with Gasteiger partial charge in [-0.2, -0.15) is 0 Å². The van der Waals surface area contributed by atoms with E-state index in [9.17, 15) is 24.6 Å². The van der Waals surface area contributed by atoms with Crippen LogP contribution in [0, 0.1) is 0 Å². The maximum atomic E-state index is 12.8. The molecule has 2 aliphatic heterocycles. The fraction of sp³-hybridized carbons (Fsp3) is 0.375. The van der Waals surface area contributed by atoms with Crippen LogP contribution in [0.5, 0.6) is 11.5 Å². The molecule has 4 rings (SSSR count). The van der Waals surface area contributed by atoms with Gasteiger partial charge in [-0.05, 0) is 42.0 Å². The first-order valence-corrected chi connectivity index (χ1v) is 11.1. The Bertz CT molecular complexity index is 1030. The number of benzene rings is 2. The van der Waals surface area contributed by atoms with Crippen molar-refractivity contribution < 1.29 is 29.3 Å². The van der Waals surface area contributed by atoms with Crippen molar-refractivity contribution in [3.63, 3.8) is 0 Å². The average molecular weight is 469 g/mol. The first kappa shape index (κ1) is 23.4. The molecule has 0 bridgehead atoms. The van der Waals surface area contributed by atoms with E-state index in [-0.39, 0.29) is 29.7 Å². The Balaban J connectivity index is 1.29. The number of carbonyl (C=O) groups excluding carboxylic acids is 3. The third-order valence-corrected chi connectivity index (χ3v) is 6.06. The Kier molecular flexibility index (Phi) is 6.87. The van der Waals surface area contributed by atoms with Crippen LogP contribution in [0.4, 0.5) is 5.69 Å². The lowest BCUT2D eigenvalue weighted by molar-refractivity contribution is -0.133. The highest BCUT2D eigenvalue weighted by molar-refractivity contribution is 5.97. The van der Waals surface area contributed by atoms with E-state index in [1.807, 2.05) is 12.1 Å². The number of epoxide rings is 1. The zero-order chi connectivity index (χ0) is 24.2. The molecule has 1 unspecified atom stereocenters. The first-order chi connectivity index (χ1) is 16.4. The molecule has 3 atom stereocenters. The molecule has 180 valence electrons. The molecule has 2 aromatic rings.